The first kappa shape index (κ1) is 23.4. The number of aromatic amines is 1. The van der Waals surface area contributed by atoms with Crippen molar-refractivity contribution in [2.45, 2.75) is 63.7 Å². The van der Waals surface area contributed by atoms with Crippen molar-refractivity contribution in [3.05, 3.63) is 43.0 Å². The van der Waals surface area contributed by atoms with Gasteiger partial charge in [0.05, 0.1) is 12.6 Å². The molecule has 1 fully saturated rings. The van der Waals surface area contributed by atoms with Crippen molar-refractivity contribution in [1.29, 1.82) is 0 Å². The summed E-state index contributed by atoms with van der Waals surface area (Å²) in [7, 11) is 0. The molecule has 0 aromatic carbocycles. The van der Waals surface area contributed by atoms with Gasteiger partial charge in [-0.1, -0.05) is 11.5 Å². The number of aliphatic hydroxyl groups is 2. The summed E-state index contributed by atoms with van der Waals surface area (Å²) in [6, 6.07) is -0.930. The van der Waals surface area contributed by atoms with E-state index in [1.165, 1.54) is 13.1 Å². The number of aromatic nitrogens is 2. The quantitative estimate of drug-likeness (QED) is 0.122. The number of hydrogen-bond acceptors (Lipinski definition) is 9. The second kappa shape index (κ2) is 11.4. The molecule has 3 N–H and O–H groups in total. The maximum Gasteiger partial charge on any atom is 0.510 e. The number of rotatable bonds is 10. The zero-order valence-electron chi connectivity index (χ0n) is 16.5. The molecule has 0 amide bonds. The highest BCUT2D eigenvalue weighted by Crippen LogP contribution is 2.32. The highest BCUT2D eigenvalue weighted by atomic mass is 16.8. The van der Waals surface area contributed by atoms with Crippen LogP contribution in [0.25, 0.3) is 10.4 Å². The lowest BCUT2D eigenvalue weighted by Crippen LogP contribution is -2.38. The fourth-order valence-electron chi connectivity index (χ4n) is 3.01. The number of unbranched alkanes of at least 4 members (excludes halogenated alkanes) is 3. The summed E-state index contributed by atoms with van der Waals surface area (Å²) in [6.07, 6.45) is -0.995. The second-order valence-electron chi connectivity index (χ2n) is 6.79. The number of nitrogens with one attached hydrogen (secondary N) is 1. The van der Waals surface area contributed by atoms with E-state index in [1.54, 1.807) is 0 Å². The van der Waals surface area contributed by atoms with Crippen LogP contribution < -0.4 is 11.2 Å². The Labute approximate surface area is 170 Å². The Balaban J connectivity index is 1.97. The molecule has 2 heterocycles. The Bertz CT molecular complexity index is 878. The molecule has 1 saturated heterocycles. The minimum Gasteiger partial charge on any atom is -0.434 e. The van der Waals surface area contributed by atoms with Gasteiger partial charge in [0, 0.05) is 29.7 Å². The third-order valence-corrected chi connectivity index (χ3v) is 4.56. The Hall–Kier alpha value is -2.86. The lowest BCUT2D eigenvalue weighted by molar-refractivity contribution is -0.165. The second-order valence-corrected chi connectivity index (χ2v) is 6.79. The number of H-pyrrole nitrogens is 1. The summed E-state index contributed by atoms with van der Waals surface area (Å²) in [6.45, 7) is 1.69. The van der Waals surface area contributed by atoms with Crippen molar-refractivity contribution < 1.29 is 29.2 Å². The molecule has 13 heteroatoms. The van der Waals surface area contributed by atoms with Gasteiger partial charge < -0.3 is 24.4 Å². The molecule has 1 aromatic rings. The predicted octanol–water partition coefficient (Wildman–Crippen LogP) is 0.836. The summed E-state index contributed by atoms with van der Waals surface area (Å²) in [4.78, 5) is 40.2. The monoisotopic (exact) mass is 427 g/mol. The van der Waals surface area contributed by atoms with Crippen molar-refractivity contribution in [1.82, 2.24) is 9.55 Å². The van der Waals surface area contributed by atoms with E-state index in [0.717, 1.165) is 17.4 Å². The first-order chi connectivity index (χ1) is 14.4. The van der Waals surface area contributed by atoms with Gasteiger partial charge in [-0.3, -0.25) is 14.3 Å². The van der Waals surface area contributed by atoms with Crippen molar-refractivity contribution in [2.75, 3.05) is 13.2 Å². The largest absolute Gasteiger partial charge is 0.510 e. The summed E-state index contributed by atoms with van der Waals surface area (Å²) >= 11 is 0. The molecule has 0 bridgehead atoms. The Kier molecular flexibility index (Phi) is 8.87. The van der Waals surface area contributed by atoms with Gasteiger partial charge in [0.25, 0.3) is 5.56 Å². The molecule has 0 radical (unpaired) electrons. The minimum absolute atomic E-state index is 0.0143. The molecular formula is C17H25N5O8. The molecule has 4 atom stereocenters. The molecule has 1 aliphatic heterocycles. The van der Waals surface area contributed by atoms with Crippen LogP contribution in [0, 0.1) is 6.92 Å². The predicted molar refractivity (Wildman–Crippen MR) is 102 cm³/mol. The number of ether oxygens (including phenoxy) is 3. The fourth-order valence-corrected chi connectivity index (χ4v) is 3.01. The number of hydrogen-bond donors (Lipinski definition) is 3. The van der Waals surface area contributed by atoms with Gasteiger partial charge in [-0.25, -0.2) is 9.59 Å². The van der Waals surface area contributed by atoms with E-state index in [9.17, 15) is 19.5 Å². The van der Waals surface area contributed by atoms with Crippen LogP contribution in [0.1, 0.15) is 43.9 Å². The number of carbonyl (C=O) groups excluding carboxylic acids is 1. The average Bonchev–Trinajstić information content (AvgIpc) is 3.11. The van der Waals surface area contributed by atoms with E-state index in [-0.39, 0.29) is 25.2 Å². The van der Waals surface area contributed by atoms with Crippen LogP contribution in [0.15, 0.2) is 20.9 Å². The molecular weight excluding hydrogens is 402 g/mol. The molecule has 0 spiro atoms. The highest BCUT2D eigenvalue weighted by molar-refractivity contribution is 5.60. The van der Waals surface area contributed by atoms with Crippen LogP contribution >= 0.6 is 0 Å². The van der Waals surface area contributed by atoms with E-state index in [1.807, 2.05) is 0 Å². The smallest absolute Gasteiger partial charge is 0.434 e. The van der Waals surface area contributed by atoms with Crippen LogP contribution in [0.2, 0.25) is 0 Å². The zero-order chi connectivity index (χ0) is 22.1. The molecule has 2 rings (SSSR count). The molecule has 0 aliphatic carbocycles. The lowest BCUT2D eigenvalue weighted by atomic mass is 10.1. The summed E-state index contributed by atoms with van der Waals surface area (Å²) < 4.78 is 16.4. The molecule has 13 nitrogen and oxygen atoms in total. The van der Waals surface area contributed by atoms with Gasteiger partial charge in [-0.15, -0.1) is 0 Å². The Morgan fingerprint density at radius 3 is 2.87 bits per heavy atom. The molecule has 2 unspecified atom stereocenters. The van der Waals surface area contributed by atoms with E-state index in [0.29, 0.717) is 12.8 Å². The van der Waals surface area contributed by atoms with E-state index < -0.39 is 42.1 Å². The van der Waals surface area contributed by atoms with Crippen LogP contribution in [0.3, 0.4) is 0 Å². The van der Waals surface area contributed by atoms with Crippen LogP contribution in [0.4, 0.5) is 4.79 Å². The van der Waals surface area contributed by atoms with E-state index >= 15 is 0 Å². The van der Waals surface area contributed by atoms with Gasteiger partial charge >= 0.3 is 11.8 Å². The number of azide groups is 1. The van der Waals surface area contributed by atoms with Gasteiger partial charge in [0.15, 0.2) is 0 Å². The van der Waals surface area contributed by atoms with Gasteiger partial charge in [0.1, 0.15) is 12.3 Å². The highest BCUT2D eigenvalue weighted by Gasteiger charge is 2.42. The van der Waals surface area contributed by atoms with Crippen molar-refractivity contribution in [3.63, 3.8) is 0 Å². The van der Waals surface area contributed by atoms with Gasteiger partial charge in [-0.05, 0) is 31.7 Å². The number of aryl methyl sites for hydroxylation is 1. The first-order valence-corrected chi connectivity index (χ1v) is 9.51. The number of nitrogens with zero attached hydrogens (tertiary/aromatic N) is 4. The van der Waals surface area contributed by atoms with E-state index in [2.05, 4.69) is 15.0 Å². The Morgan fingerprint density at radius 2 is 2.17 bits per heavy atom. The maximum atomic E-state index is 12.1. The van der Waals surface area contributed by atoms with E-state index in [4.69, 9.17) is 24.8 Å². The molecule has 1 aliphatic rings. The molecule has 1 aromatic heterocycles. The molecule has 30 heavy (non-hydrogen) atoms. The fraction of sp³-hybridized carbons (Fsp3) is 0.706. The van der Waals surface area contributed by atoms with Crippen LogP contribution in [0.5, 0.6) is 0 Å². The van der Waals surface area contributed by atoms with Crippen molar-refractivity contribution in [3.8, 4) is 0 Å². The summed E-state index contributed by atoms with van der Waals surface area (Å²) in [5, 5.41) is 22.5. The molecule has 0 saturated carbocycles. The van der Waals surface area contributed by atoms with Gasteiger partial charge in [0.2, 0.25) is 6.29 Å². The third kappa shape index (κ3) is 6.32. The standard InChI is InChI=1S/C17H25N5O8/c1-10-9-22(16(26)19-14(10)24)12-8-11(20-21-18)13(29-12)15(25)30-17(27)28-7-5-3-2-4-6-23/h9,11-13,15,23,25H,2-8H2,1H3,(H,19,24,26)/t11?,12-,13+,15?/m1/s1. The lowest BCUT2D eigenvalue weighted by Gasteiger charge is -2.21. The molecule has 166 valence electrons. The summed E-state index contributed by atoms with van der Waals surface area (Å²) in [5.41, 5.74) is 7.76. The normalized spacial score (nSPS) is 21.6. The topological polar surface area (TPSA) is 189 Å². The zero-order valence-corrected chi connectivity index (χ0v) is 16.5. The van der Waals surface area contributed by atoms with Crippen molar-refractivity contribution >= 4 is 6.16 Å². The maximum absolute atomic E-state index is 12.1. The van der Waals surface area contributed by atoms with Crippen molar-refractivity contribution in [2.24, 2.45) is 5.11 Å². The average molecular weight is 427 g/mol. The number of carbonyl (C=O) groups is 1. The van der Waals surface area contributed by atoms with Crippen LogP contribution in [-0.4, -0.2) is 57.6 Å². The third-order valence-electron chi connectivity index (χ3n) is 4.56. The Morgan fingerprint density at radius 1 is 1.43 bits per heavy atom. The minimum atomic E-state index is -1.80. The SMILES string of the molecule is Cc1cn([C@H]2CC(N=[N+]=[N-])[C@@H](C(O)OC(=O)OCCCCCCO)O2)c(=O)[nH]c1=O. The number of aliphatic hydroxyl groups excluding tert-OH is 2. The van der Waals surface area contributed by atoms with Crippen LogP contribution in [-0.2, 0) is 14.2 Å². The first-order valence-electron chi connectivity index (χ1n) is 9.51. The summed E-state index contributed by atoms with van der Waals surface area (Å²) in [5.74, 6) is 0. The van der Waals surface area contributed by atoms with Gasteiger partial charge in [-0.2, -0.15) is 0 Å².